The summed E-state index contributed by atoms with van der Waals surface area (Å²) in [7, 11) is 1.65. The summed E-state index contributed by atoms with van der Waals surface area (Å²) in [5, 5.41) is 2.98. The van der Waals surface area contributed by atoms with Gasteiger partial charge < -0.3 is 10.1 Å². The second kappa shape index (κ2) is 4.56. The Kier molecular flexibility index (Phi) is 3.13. The molecule has 0 aromatic heterocycles. The Balaban J connectivity index is 1.97. The third kappa shape index (κ3) is 2.75. The zero-order valence-electron chi connectivity index (χ0n) is 9.75. The van der Waals surface area contributed by atoms with Crippen LogP contribution in [0, 0.1) is 6.92 Å². The number of nitrogens with one attached hydrogen (secondary N) is 1. The second-order valence-corrected chi connectivity index (χ2v) is 4.32. The van der Waals surface area contributed by atoms with Gasteiger partial charge in [-0.25, -0.2) is 0 Å². The van der Waals surface area contributed by atoms with Crippen molar-refractivity contribution in [3.8, 4) is 5.75 Å². The molecule has 0 saturated heterocycles. The minimum absolute atomic E-state index is 0.118. The molecule has 0 heterocycles. The Morgan fingerprint density at radius 2 is 2.25 bits per heavy atom. The smallest absolute Gasteiger partial charge is 0.224 e. The number of amides is 1. The summed E-state index contributed by atoms with van der Waals surface area (Å²) in [5.74, 6) is 0.985. The maximum atomic E-state index is 11.6. The van der Waals surface area contributed by atoms with Gasteiger partial charge in [-0.3, -0.25) is 4.79 Å². The fourth-order valence-corrected chi connectivity index (χ4v) is 1.74. The van der Waals surface area contributed by atoms with Gasteiger partial charge in [-0.15, -0.1) is 0 Å². The van der Waals surface area contributed by atoms with E-state index in [4.69, 9.17) is 4.74 Å². The van der Waals surface area contributed by atoms with E-state index < -0.39 is 0 Å². The van der Waals surface area contributed by atoms with Gasteiger partial charge in [0.2, 0.25) is 5.91 Å². The fraction of sp³-hybridized carbons (Fsp3) is 0.462. The van der Waals surface area contributed by atoms with E-state index in [1.807, 2.05) is 25.1 Å². The zero-order chi connectivity index (χ0) is 11.5. The molecule has 0 radical (unpaired) electrons. The number of carbonyl (C=O) groups is 1. The first-order valence-corrected chi connectivity index (χ1v) is 5.62. The molecule has 16 heavy (non-hydrogen) atoms. The minimum atomic E-state index is 0.118. The summed E-state index contributed by atoms with van der Waals surface area (Å²) in [4.78, 5) is 11.6. The molecule has 0 spiro atoms. The lowest BCUT2D eigenvalue weighted by molar-refractivity contribution is -0.120. The van der Waals surface area contributed by atoms with Crippen LogP contribution in [0.15, 0.2) is 18.2 Å². The summed E-state index contributed by atoms with van der Waals surface area (Å²) >= 11 is 0. The predicted molar refractivity (Wildman–Crippen MR) is 62.6 cm³/mol. The quantitative estimate of drug-likeness (QED) is 0.839. The third-order valence-corrected chi connectivity index (χ3v) is 2.77. The summed E-state index contributed by atoms with van der Waals surface area (Å²) < 4.78 is 5.18. The Labute approximate surface area is 95.8 Å². The first kappa shape index (κ1) is 11.0. The van der Waals surface area contributed by atoms with Crippen molar-refractivity contribution in [3.05, 3.63) is 29.3 Å². The average molecular weight is 219 g/mol. The topological polar surface area (TPSA) is 38.3 Å². The molecular formula is C13H17NO2. The molecule has 1 N–H and O–H groups in total. The van der Waals surface area contributed by atoms with E-state index in [1.54, 1.807) is 7.11 Å². The summed E-state index contributed by atoms with van der Waals surface area (Å²) in [6.45, 7) is 1.99. The van der Waals surface area contributed by atoms with Gasteiger partial charge in [0.25, 0.3) is 0 Å². The molecule has 1 aromatic carbocycles. The summed E-state index contributed by atoms with van der Waals surface area (Å²) in [6, 6.07) is 6.30. The van der Waals surface area contributed by atoms with Crippen molar-refractivity contribution in [2.45, 2.75) is 32.2 Å². The largest absolute Gasteiger partial charge is 0.496 e. The van der Waals surface area contributed by atoms with Gasteiger partial charge >= 0.3 is 0 Å². The Hall–Kier alpha value is -1.51. The van der Waals surface area contributed by atoms with Crippen LogP contribution < -0.4 is 10.1 Å². The standard InChI is InChI=1S/C13H17NO2/c1-9-7-10(3-6-12(9)16-2)8-13(15)14-11-4-5-11/h3,6-7,11H,4-5,8H2,1-2H3,(H,14,15). The maximum absolute atomic E-state index is 11.6. The number of hydrogen-bond acceptors (Lipinski definition) is 2. The highest BCUT2D eigenvalue weighted by Gasteiger charge is 2.23. The van der Waals surface area contributed by atoms with E-state index in [9.17, 15) is 4.79 Å². The number of methoxy groups -OCH3 is 1. The molecule has 1 fully saturated rings. The molecule has 3 nitrogen and oxygen atoms in total. The average Bonchev–Trinajstić information content (AvgIpc) is 3.01. The molecule has 1 aliphatic rings. The highest BCUT2D eigenvalue weighted by Crippen LogP contribution is 2.20. The van der Waals surface area contributed by atoms with Gasteiger partial charge in [0, 0.05) is 6.04 Å². The summed E-state index contributed by atoms with van der Waals surface area (Å²) in [6.07, 6.45) is 2.72. The van der Waals surface area contributed by atoms with Crippen molar-refractivity contribution in [2.75, 3.05) is 7.11 Å². The molecule has 86 valence electrons. The van der Waals surface area contributed by atoms with Gasteiger partial charge in [-0.1, -0.05) is 12.1 Å². The molecule has 2 rings (SSSR count). The van der Waals surface area contributed by atoms with Crippen molar-refractivity contribution in [2.24, 2.45) is 0 Å². The van der Waals surface area contributed by atoms with E-state index >= 15 is 0 Å². The van der Waals surface area contributed by atoms with Gasteiger partial charge in [0.05, 0.1) is 13.5 Å². The van der Waals surface area contributed by atoms with Crippen LogP contribution in [-0.4, -0.2) is 19.1 Å². The van der Waals surface area contributed by atoms with Crippen molar-refractivity contribution in [1.82, 2.24) is 5.32 Å². The Morgan fingerprint density at radius 3 is 2.81 bits per heavy atom. The van der Waals surface area contributed by atoms with E-state index in [1.165, 1.54) is 0 Å². The molecule has 0 aliphatic heterocycles. The van der Waals surface area contributed by atoms with Crippen molar-refractivity contribution in [1.29, 1.82) is 0 Å². The number of ether oxygens (including phenoxy) is 1. The van der Waals surface area contributed by atoms with Gasteiger partial charge in [0.1, 0.15) is 5.75 Å². The number of rotatable bonds is 4. The number of hydrogen-bond donors (Lipinski definition) is 1. The van der Waals surface area contributed by atoms with Crippen LogP contribution in [-0.2, 0) is 11.2 Å². The molecule has 1 aromatic rings. The van der Waals surface area contributed by atoms with Crippen LogP contribution in [0.4, 0.5) is 0 Å². The van der Waals surface area contributed by atoms with Crippen LogP contribution in [0.1, 0.15) is 24.0 Å². The lowest BCUT2D eigenvalue weighted by Crippen LogP contribution is -2.26. The predicted octanol–water partition coefficient (Wildman–Crippen LogP) is 1.82. The van der Waals surface area contributed by atoms with E-state index in [2.05, 4.69) is 5.32 Å². The maximum Gasteiger partial charge on any atom is 0.224 e. The van der Waals surface area contributed by atoms with E-state index in [0.717, 1.165) is 29.7 Å². The number of benzene rings is 1. The summed E-state index contributed by atoms with van der Waals surface area (Å²) in [5.41, 5.74) is 2.11. The fourth-order valence-electron chi connectivity index (χ4n) is 1.74. The number of carbonyl (C=O) groups excluding carboxylic acids is 1. The van der Waals surface area contributed by atoms with Crippen LogP contribution in [0.2, 0.25) is 0 Å². The van der Waals surface area contributed by atoms with Crippen LogP contribution in [0.5, 0.6) is 5.75 Å². The lowest BCUT2D eigenvalue weighted by Gasteiger charge is -2.07. The lowest BCUT2D eigenvalue weighted by atomic mass is 10.1. The number of aryl methyl sites for hydroxylation is 1. The molecule has 0 atom stereocenters. The first-order valence-electron chi connectivity index (χ1n) is 5.62. The van der Waals surface area contributed by atoms with E-state index in [-0.39, 0.29) is 5.91 Å². The molecular weight excluding hydrogens is 202 g/mol. The van der Waals surface area contributed by atoms with Gasteiger partial charge in [-0.05, 0) is 37.0 Å². The SMILES string of the molecule is COc1ccc(CC(=O)NC2CC2)cc1C. The van der Waals surface area contributed by atoms with E-state index in [0.29, 0.717) is 12.5 Å². The highest BCUT2D eigenvalue weighted by atomic mass is 16.5. The van der Waals surface area contributed by atoms with Crippen LogP contribution in [0.3, 0.4) is 0 Å². The first-order chi connectivity index (χ1) is 7.69. The monoisotopic (exact) mass is 219 g/mol. The Morgan fingerprint density at radius 1 is 1.50 bits per heavy atom. The molecule has 0 bridgehead atoms. The molecule has 3 heteroatoms. The van der Waals surface area contributed by atoms with Gasteiger partial charge in [-0.2, -0.15) is 0 Å². The molecule has 1 amide bonds. The van der Waals surface area contributed by atoms with Crippen molar-refractivity contribution < 1.29 is 9.53 Å². The molecule has 0 unspecified atom stereocenters. The normalized spacial score (nSPS) is 14.6. The highest BCUT2D eigenvalue weighted by molar-refractivity contribution is 5.79. The van der Waals surface area contributed by atoms with Crippen molar-refractivity contribution >= 4 is 5.91 Å². The minimum Gasteiger partial charge on any atom is -0.496 e. The van der Waals surface area contributed by atoms with Crippen molar-refractivity contribution in [3.63, 3.8) is 0 Å². The third-order valence-electron chi connectivity index (χ3n) is 2.77. The molecule has 1 aliphatic carbocycles. The second-order valence-electron chi connectivity index (χ2n) is 4.32. The van der Waals surface area contributed by atoms with Gasteiger partial charge in [0.15, 0.2) is 0 Å². The molecule has 1 saturated carbocycles. The zero-order valence-corrected chi connectivity index (χ0v) is 9.75. The van der Waals surface area contributed by atoms with Crippen LogP contribution in [0.25, 0.3) is 0 Å². The Bertz CT molecular complexity index is 397. The van der Waals surface area contributed by atoms with Crippen LogP contribution >= 0.6 is 0 Å².